The van der Waals surface area contributed by atoms with Gasteiger partial charge in [0.15, 0.2) is 0 Å². The molecule has 1 N–H and O–H groups in total. The lowest BCUT2D eigenvalue weighted by Gasteiger charge is -2.29. The van der Waals surface area contributed by atoms with Crippen LogP contribution in [0.3, 0.4) is 0 Å². The van der Waals surface area contributed by atoms with Crippen LogP contribution in [0, 0.1) is 12.7 Å². The summed E-state index contributed by atoms with van der Waals surface area (Å²) >= 11 is 1.81. The van der Waals surface area contributed by atoms with Crippen molar-refractivity contribution in [2.45, 2.75) is 37.5 Å². The molecule has 1 aromatic carbocycles. The van der Waals surface area contributed by atoms with Gasteiger partial charge in [-0.1, -0.05) is 12.1 Å². The highest BCUT2D eigenvalue weighted by Gasteiger charge is 2.37. The summed E-state index contributed by atoms with van der Waals surface area (Å²) < 4.78 is 13.0. The molecule has 0 radical (unpaired) electrons. The van der Waals surface area contributed by atoms with Gasteiger partial charge >= 0.3 is 0 Å². The molecule has 0 bridgehead atoms. The van der Waals surface area contributed by atoms with E-state index in [1.165, 1.54) is 6.07 Å². The molecule has 0 amide bonds. The monoisotopic (exact) mass is 240 g/mol. The van der Waals surface area contributed by atoms with Crippen LogP contribution in [-0.2, 0) is 0 Å². The third-order valence-corrected chi connectivity index (χ3v) is 4.91. The van der Waals surface area contributed by atoms with Gasteiger partial charge in [0.2, 0.25) is 0 Å². The average molecular weight is 240 g/mol. The van der Waals surface area contributed by atoms with Gasteiger partial charge in [-0.2, -0.15) is 11.8 Å². The molecule has 1 nitrogen and oxygen atoms in total. The van der Waals surface area contributed by atoms with Gasteiger partial charge in [-0.25, -0.2) is 4.39 Å². The maximum atomic E-state index is 13.1. The van der Waals surface area contributed by atoms with E-state index < -0.39 is 6.10 Å². The lowest BCUT2D eigenvalue weighted by molar-refractivity contribution is 0.135. The van der Waals surface area contributed by atoms with Crippen LogP contribution in [0.5, 0.6) is 0 Å². The van der Waals surface area contributed by atoms with E-state index in [9.17, 15) is 9.50 Å². The number of benzene rings is 1. The summed E-state index contributed by atoms with van der Waals surface area (Å²) in [5, 5.41) is 10.4. The van der Waals surface area contributed by atoms with Gasteiger partial charge in [-0.15, -0.1) is 0 Å². The molecule has 88 valence electrons. The smallest absolute Gasteiger partial charge is 0.126 e. The zero-order valence-corrected chi connectivity index (χ0v) is 10.5. The van der Waals surface area contributed by atoms with Crippen molar-refractivity contribution in [2.24, 2.45) is 0 Å². The van der Waals surface area contributed by atoms with Crippen molar-refractivity contribution in [1.29, 1.82) is 0 Å². The Morgan fingerprint density at radius 2 is 2.25 bits per heavy atom. The normalized spacial score (nSPS) is 27.0. The molecule has 2 unspecified atom stereocenters. The quantitative estimate of drug-likeness (QED) is 0.854. The fraction of sp³-hybridized carbons (Fsp3) is 0.538. The van der Waals surface area contributed by atoms with Gasteiger partial charge in [0.05, 0.1) is 6.10 Å². The standard InChI is InChI=1S/C13H17FOS/c1-9-8-10(4-5-11(9)14)12(15)13(2)6-3-7-16-13/h4-5,8,12,15H,3,6-7H2,1-2H3. The maximum absolute atomic E-state index is 13.1. The number of hydrogen-bond acceptors (Lipinski definition) is 2. The van der Waals surface area contributed by atoms with Crippen LogP contribution >= 0.6 is 11.8 Å². The first-order valence-electron chi connectivity index (χ1n) is 5.61. The van der Waals surface area contributed by atoms with Crippen molar-refractivity contribution < 1.29 is 9.50 Å². The highest BCUT2D eigenvalue weighted by atomic mass is 32.2. The van der Waals surface area contributed by atoms with Crippen molar-refractivity contribution in [3.8, 4) is 0 Å². The minimum atomic E-state index is -0.501. The summed E-state index contributed by atoms with van der Waals surface area (Å²) in [5.74, 6) is 0.897. The van der Waals surface area contributed by atoms with Crippen molar-refractivity contribution in [2.75, 3.05) is 5.75 Å². The molecule has 0 saturated carbocycles. The highest BCUT2D eigenvalue weighted by molar-refractivity contribution is 8.00. The van der Waals surface area contributed by atoms with Crippen molar-refractivity contribution in [3.63, 3.8) is 0 Å². The zero-order chi connectivity index (χ0) is 11.8. The average Bonchev–Trinajstić information content (AvgIpc) is 2.70. The first kappa shape index (κ1) is 11.9. The Kier molecular flexibility index (Phi) is 3.27. The molecule has 1 aromatic rings. The lowest BCUT2D eigenvalue weighted by atomic mass is 9.92. The van der Waals surface area contributed by atoms with E-state index in [2.05, 4.69) is 6.92 Å². The van der Waals surface area contributed by atoms with E-state index in [4.69, 9.17) is 0 Å². The molecular weight excluding hydrogens is 223 g/mol. The van der Waals surface area contributed by atoms with E-state index in [0.717, 1.165) is 24.2 Å². The molecule has 1 aliphatic heterocycles. The first-order chi connectivity index (χ1) is 7.53. The molecule has 1 saturated heterocycles. The second-order valence-corrected chi connectivity index (χ2v) is 6.31. The van der Waals surface area contributed by atoms with Crippen LogP contribution in [0.25, 0.3) is 0 Å². The zero-order valence-electron chi connectivity index (χ0n) is 9.66. The Morgan fingerprint density at radius 1 is 1.50 bits per heavy atom. The summed E-state index contributed by atoms with van der Waals surface area (Å²) in [6.07, 6.45) is 1.67. The summed E-state index contributed by atoms with van der Waals surface area (Å²) in [6.45, 7) is 3.82. The predicted octanol–water partition coefficient (Wildman–Crippen LogP) is 3.45. The Morgan fingerprint density at radius 3 is 2.81 bits per heavy atom. The second-order valence-electron chi connectivity index (χ2n) is 4.68. The van der Waals surface area contributed by atoms with Crippen LogP contribution in [0.1, 0.15) is 37.0 Å². The number of aliphatic hydroxyl groups is 1. The van der Waals surface area contributed by atoms with Crippen molar-refractivity contribution in [1.82, 2.24) is 0 Å². The van der Waals surface area contributed by atoms with Gasteiger partial charge in [0, 0.05) is 4.75 Å². The maximum Gasteiger partial charge on any atom is 0.126 e. The van der Waals surface area contributed by atoms with Crippen molar-refractivity contribution in [3.05, 3.63) is 35.1 Å². The fourth-order valence-electron chi connectivity index (χ4n) is 2.21. The van der Waals surface area contributed by atoms with Gasteiger partial charge in [0.25, 0.3) is 0 Å². The third kappa shape index (κ3) is 2.11. The molecule has 1 heterocycles. The van der Waals surface area contributed by atoms with Gasteiger partial charge < -0.3 is 5.11 Å². The summed E-state index contributed by atoms with van der Waals surface area (Å²) in [6, 6.07) is 4.89. The number of rotatable bonds is 2. The fourth-order valence-corrected chi connectivity index (χ4v) is 3.54. The number of thioether (sulfide) groups is 1. The SMILES string of the molecule is Cc1cc(C(O)C2(C)CCCS2)ccc1F. The third-order valence-electron chi connectivity index (χ3n) is 3.33. The van der Waals surface area contributed by atoms with Crippen LogP contribution in [0.4, 0.5) is 4.39 Å². The summed E-state index contributed by atoms with van der Waals surface area (Å²) in [4.78, 5) is 0. The van der Waals surface area contributed by atoms with Crippen molar-refractivity contribution >= 4 is 11.8 Å². The van der Waals surface area contributed by atoms with E-state index in [1.54, 1.807) is 19.1 Å². The van der Waals surface area contributed by atoms with E-state index in [-0.39, 0.29) is 10.6 Å². The number of hydrogen-bond donors (Lipinski definition) is 1. The number of aryl methyl sites for hydroxylation is 1. The molecule has 16 heavy (non-hydrogen) atoms. The minimum absolute atomic E-state index is 0.107. The summed E-state index contributed by atoms with van der Waals surface area (Å²) in [5.41, 5.74) is 1.43. The predicted molar refractivity (Wildman–Crippen MR) is 66.2 cm³/mol. The Hall–Kier alpha value is -0.540. The molecule has 0 aliphatic carbocycles. The van der Waals surface area contributed by atoms with E-state index in [1.807, 2.05) is 11.8 Å². The van der Waals surface area contributed by atoms with Crippen LogP contribution in [-0.4, -0.2) is 15.6 Å². The van der Waals surface area contributed by atoms with Crippen LogP contribution in [0.2, 0.25) is 0 Å². The molecule has 2 atom stereocenters. The molecule has 1 fully saturated rings. The number of halogens is 1. The van der Waals surface area contributed by atoms with E-state index in [0.29, 0.717) is 5.56 Å². The highest BCUT2D eigenvalue weighted by Crippen LogP contribution is 2.46. The Bertz CT molecular complexity index is 386. The minimum Gasteiger partial charge on any atom is -0.387 e. The topological polar surface area (TPSA) is 20.2 Å². The molecule has 0 aromatic heterocycles. The Balaban J connectivity index is 2.26. The number of aliphatic hydroxyl groups excluding tert-OH is 1. The molecule has 3 heteroatoms. The molecule has 0 spiro atoms. The van der Waals surface area contributed by atoms with Crippen LogP contribution < -0.4 is 0 Å². The molecule has 1 aliphatic rings. The van der Waals surface area contributed by atoms with Gasteiger partial charge in [0.1, 0.15) is 5.82 Å². The molecule has 2 rings (SSSR count). The molecular formula is C13H17FOS. The van der Waals surface area contributed by atoms with E-state index >= 15 is 0 Å². The summed E-state index contributed by atoms with van der Waals surface area (Å²) in [7, 11) is 0. The van der Waals surface area contributed by atoms with Gasteiger partial charge in [-0.3, -0.25) is 0 Å². The van der Waals surface area contributed by atoms with Gasteiger partial charge in [-0.05, 0) is 49.6 Å². The first-order valence-corrected chi connectivity index (χ1v) is 6.59. The Labute approximate surface area is 100 Å². The van der Waals surface area contributed by atoms with Crippen LogP contribution in [0.15, 0.2) is 18.2 Å². The second kappa shape index (κ2) is 4.38. The largest absolute Gasteiger partial charge is 0.387 e. The lowest BCUT2D eigenvalue weighted by Crippen LogP contribution is -2.26.